The number of hydrogen-bond donors (Lipinski definition) is 1. The van der Waals surface area contributed by atoms with Crippen LogP contribution in [0.5, 0.6) is 0 Å². The third-order valence-corrected chi connectivity index (χ3v) is 3.72. The van der Waals surface area contributed by atoms with Crippen LogP contribution in [-0.2, 0) is 4.79 Å². The summed E-state index contributed by atoms with van der Waals surface area (Å²) in [5.74, 6) is 0.384. The van der Waals surface area contributed by atoms with E-state index in [0.717, 1.165) is 14.4 Å². The van der Waals surface area contributed by atoms with Crippen LogP contribution in [0.25, 0.3) is 6.08 Å². The third-order valence-electron chi connectivity index (χ3n) is 2.13. The van der Waals surface area contributed by atoms with Crippen molar-refractivity contribution in [2.45, 2.75) is 6.92 Å². The molecule has 0 aliphatic carbocycles. The molecule has 0 atom stereocenters. The molecule has 0 aliphatic rings. The number of nitrogens with zero attached hydrogens (tertiary/aromatic N) is 1. The lowest BCUT2D eigenvalue weighted by Crippen LogP contribution is -2.09. The Hall–Kier alpha value is -1.46. The summed E-state index contributed by atoms with van der Waals surface area (Å²) in [5.41, 5.74) is 0.874. The van der Waals surface area contributed by atoms with Crippen LogP contribution < -0.4 is 5.32 Å². The van der Waals surface area contributed by atoms with Gasteiger partial charge in [0.25, 0.3) is 0 Å². The zero-order chi connectivity index (χ0) is 13.0. The van der Waals surface area contributed by atoms with Crippen LogP contribution in [0.1, 0.15) is 10.6 Å². The predicted octanol–water partition coefficient (Wildman–Crippen LogP) is 3.87. The number of aryl methyl sites for hydroxylation is 1. The zero-order valence-corrected chi connectivity index (χ0v) is 12.1. The SMILES string of the molecule is Cc1cccc(NC(=O)/C=C/c2ccc(Br)s2)n1. The molecule has 92 valence electrons. The largest absolute Gasteiger partial charge is 0.307 e. The fourth-order valence-corrected chi connectivity index (χ4v) is 2.68. The fourth-order valence-electron chi connectivity index (χ4n) is 1.36. The molecule has 0 bridgehead atoms. The first kappa shape index (κ1) is 13.0. The van der Waals surface area contributed by atoms with E-state index in [2.05, 4.69) is 26.2 Å². The Morgan fingerprint density at radius 2 is 2.22 bits per heavy atom. The number of aromatic nitrogens is 1. The number of anilines is 1. The van der Waals surface area contributed by atoms with Gasteiger partial charge in [0, 0.05) is 16.6 Å². The van der Waals surface area contributed by atoms with Crippen molar-refractivity contribution < 1.29 is 4.79 Å². The molecule has 2 rings (SSSR count). The van der Waals surface area contributed by atoms with Gasteiger partial charge in [0.2, 0.25) is 5.91 Å². The quantitative estimate of drug-likeness (QED) is 0.872. The summed E-state index contributed by atoms with van der Waals surface area (Å²) < 4.78 is 1.04. The van der Waals surface area contributed by atoms with Gasteiger partial charge in [-0.1, -0.05) is 6.07 Å². The highest BCUT2D eigenvalue weighted by Crippen LogP contribution is 2.22. The summed E-state index contributed by atoms with van der Waals surface area (Å²) in [6.07, 6.45) is 3.28. The molecule has 2 heterocycles. The Balaban J connectivity index is 1.98. The Morgan fingerprint density at radius 3 is 2.89 bits per heavy atom. The minimum absolute atomic E-state index is 0.183. The zero-order valence-electron chi connectivity index (χ0n) is 9.68. The molecule has 0 saturated heterocycles. The highest BCUT2D eigenvalue weighted by atomic mass is 79.9. The van der Waals surface area contributed by atoms with Crippen molar-refractivity contribution in [1.82, 2.24) is 4.98 Å². The number of thiophene rings is 1. The van der Waals surface area contributed by atoms with E-state index in [-0.39, 0.29) is 5.91 Å². The van der Waals surface area contributed by atoms with Crippen molar-refractivity contribution >= 4 is 45.1 Å². The van der Waals surface area contributed by atoms with Crippen molar-refractivity contribution in [3.05, 3.63) is 50.8 Å². The number of pyridine rings is 1. The molecule has 0 spiro atoms. The van der Waals surface area contributed by atoms with E-state index in [0.29, 0.717) is 5.82 Å². The van der Waals surface area contributed by atoms with Crippen LogP contribution in [0.3, 0.4) is 0 Å². The van der Waals surface area contributed by atoms with Crippen LogP contribution in [0.2, 0.25) is 0 Å². The van der Waals surface area contributed by atoms with Crippen molar-refractivity contribution in [3.8, 4) is 0 Å². The molecule has 2 aromatic heterocycles. The average molecular weight is 323 g/mol. The van der Waals surface area contributed by atoms with E-state index in [1.807, 2.05) is 31.2 Å². The number of amides is 1. The Bertz CT molecular complexity index is 592. The Morgan fingerprint density at radius 1 is 1.39 bits per heavy atom. The van der Waals surface area contributed by atoms with Gasteiger partial charge in [0.15, 0.2) is 0 Å². The van der Waals surface area contributed by atoms with Gasteiger partial charge in [0.1, 0.15) is 5.82 Å². The molecule has 0 unspecified atom stereocenters. The first-order valence-electron chi connectivity index (χ1n) is 5.31. The van der Waals surface area contributed by atoms with Crippen molar-refractivity contribution in [2.75, 3.05) is 5.32 Å². The summed E-state index contributed by atoms with van der Waals surface area (Å²) in [4.78, 5) is 16.9. The van der Waals surface area contributed by atoms with Gasteiger partial charge in [-0.2, -0.15) is 0 Å². The topological polar surface area (TPSA) is 42.0 Å². The molecule has 1 amide bonds. The van der Waals surface area contributed by atoms with E-state index in [1.54, 1.807) is 23.5 Å². The van der Waals surface area contributed by atoms with Crippen LogP contribution in [0.4, 0.5) is 5.82 Å². The highest BCUT2D eigenvalue weighted by molar-refractivity contribution is 9.11. The first-order valence-corrected chi connectivity index (χ1v) is 6.92. The summed E-state index contributed by atoms with van der Waals surface area (Å²) in [6, 6.07) is 9.40. The predicted molar refractivity (Wildman–Crippen MR) is 78.7 cm³/mol. The van der Waals surface area contributed by atoms with Gasteiger partial charge in [-0.25, -0.2) is 4.98 Å². The lowest BCUT2D eigenvalue weighted by Gasteiger charge is -2.01. The number of rotatable bonds is 3. The molecule has 0 aliphatic heterocycles. The van der Waals surface area contributed by atoms with E-state index in [9.17, 15) is 4.79 Å². The lowest BCUT2D eigenvalue weighted by atomic mass is 10.3. The number of nitrogens with one attached hydrogen (secondary N) is 1. The average Bonchev–Trinajstić information content (AvgIpc) is 2.73. The second-order valence-corrected chi connectivity index (χ2v) is 6.12. The van der Waals surface area contributed by atoms with Gasteiger partial charge >= 0.3 is 0 Å². The Labute approximate surface area is 118 Å². The van der Waals surface area contributed by atoms with Crippen LogP contribution in [0.15, 0.2) is 40.2 Å². The number of hydrogen-bond acceptors (Lipinski definition) is 3. The van der Waals surface area contributed by atoms with Crippen LogP contribution in [0, 0.1) is 6.92 Å². The normalized spacial score (nSPS) is 10.8. The summed E-state index contributed by atoms with van der Waals surface area (Å²) in [5, 5.41) is 2.72. The van der Waals surface area contributed by atoms with Gasteiger partial charge in [-0.3, -0.25) is 4.79 Å². The first-order chi connectivity index (χ1) is 8.63. The fraction of sp³-hybridized carbons (Fsp3) is 0.0769. The smallest absolute Gasteiger partial charge is 0.249 e. The molecule has 0 saturated carbocycles. The lowest BCUT2D eigenvalue weighted by molar-refractivity contribution is -0.111. The summed E-state index contributed by atoms with van der Waals surface area (Å²) in [6.45, 7) is 1.88. The third kappa shape index (κ3) is 3.78. The standard InChI is InChI=1S/C13H11BrN2OS/c1-9-3-2-4-12(15-9)16-13(17)8-6-10-5-7-11(14)18-10/h2-8H,1H3,(H,15,16,17)/b8-6+. The molecule has 2 aromatic rings. The van der Waals surface area contributed by atoms with Crippen molar-refractivity contribution in [1.29, 1.82) is 0 Å². The van der Waals surface area contributed by atoms with Crippen LogP contribution >= 0.6 is 27.3 Å². The maximum Gasteiger partial charge on any atom is 0.249 e. The van der Waals surface area contributed by atoms with E-state index in [4.69, 9.17) is 0 Å². The number of carbonyl (C=O) groups is 1. The van der Waals surface area contributed by atoms with Gasteiger partial charge in [-0.15, -0.1) is 11.3 Å². The molecular weight excluding hydrogens is 312 g/mol. The van der Waals surface area contributed by atoms with Crippen LogP contribution in [-0.4, -0.2) is 10.9 Å². The molecule has 18 heavy (non-hydrogen) atoms. The monoisotopic (exact) mass is 322 g/mol. The second-order valence-electron chi connectivity index (χ2n) is 3.63. The minimum Gasteiger partial charge on any atom is -0.307 e. The molecule has 3 nitrogen and oxygen atoms in total. The molecule has 0 aromatic carbocycles. The molecule has 5 heteroatoms. The second kappa shape index (κ2) is 5.93. The number of carbonyl (C=O) groups excluding carboxylic acids is 1. The summed E-state index contributed by atoms with van der Waals surface area (Å²) >= 11 is 4.95. The maximum atomic E-state index is 11.7. The Kier molecular flexibility index (Phi) is 4.28. The molecular formula is C13H11BrN2OS. The molecule has 0 radical (unpaired) electrons. The van der Waals surface area contributed by atoms with Gasteiger partial charge < -0.3 is 5.32 Å². The van der Waals surface area contributed by atoms with Gasteiger partial charge in [0.05, 0.1) is 3.79 Å². The van der Waals surface area contributed by atoms with Gasteiger partial charge in [-0.05, 0) is 53.2 Å². The molecule has 0 fully saturated rings. The highest BCUT2D eigenvalue weighted by Gasteiger charge is 1.99. The number of halogens is 1. The molecule has 1 N–H and O–H groups in total. The summed E-state index contributed by atoms with van der Waals surface area (Å²) in [7, 11) is 0. The van der Waals surface area contributed by atoms with Crippen molar-refractivity contribution in [2.24, 2.45) is 0 Å². The minimum atomic E-state index is -0.183. The van der Waals surface area contributed by atoms with E-state index < -0.39 is 0 Å². The van der Waals surface area contributed by atoms with E-state index in [1.165, 1.54) is 6.08 Å². The van der Waals surface area contributed by atoms with E-state index >= 15 is 0 Å². The maximum absolute atomic E-state index is 11.7. The van der Waals surface area contributed by atoms with Crippen molar-refractivity contribution in [3.63, 3.8) is 0 Å².